The standard InChI is InChI=1S/C14H27NO2/c1-4-12(9-15)8-14(16)17-13-6-10(2)5-11(3)7-13/h10-13H,4-9,15H2,1-3H3. The summed E-state index contributed by atoms with van der Waals surface area (Å²) >= 11 is 0. The number of ether oxygens (including phenoxy) is 1. The van der Waals surface area contributed by atoms with Crippen molar-refractivity contribution in [1.82, 2.24) is 0 Å². The predicted octanol–water partition coefficient (Wildman–Crippen LogP) is 2.73. The van der Waals surface area contributed by atoms with Gasteiger partial charge in [-0.25, -0.2) is 0 Å². The minimum atomic E-state index is -0.0615. The second kappa shape index (κ2) is 7.00. The monoisotopic (exact) mass is 241 g/mol. The Hall–Kier alpha value is -0.570. The van der Waals surface area contributed by atoms with Crippen molar-refractivity contribution in [2.24, 2.45) is 23.5 Å². The first-order valence-corrected chi connectivity index (χ1v) is 6.94. The molecule has 17 heavy (non-hydrogen) atoms. The van der Waals surface area contributed by atoms with Crippen LogP contribution in [0.1, 0.15) is 52.9 Å². The molecule has 0 saturated heterocycles. The first-order valence-electron chi connectivity index (χ1n) is 6.94. The fourth-order valence-electron chi connectivity index (χ4n) is 2.83. The Morgan fingerprint density at radius 2 is 1.88 bits per heavy atom. The highest BCUT2D eigenvalue weighted by Gasteiger charge is 2.27. The number of carbonyl (C=O) groups excluding carboxylic acids is 1. The summed E-state index contributed by atoms with van der Waals surface area (Å²) in [5.74, 6) is 1.57. The van der Waals surface area contributed by atoms with Crippen LogP contribution in [0.15, 0.2) is 0 Å². The van der Waals surface area contributed by atoms with Gasteiger partial charge in [0.25, 0.3) is 0 Å². The highest BCUT2D eigenvalue weighted by molar-refractivity contribution is 5.69. The molecule has 100 valence electrons. The van der Waals surface area contributed by atoms with E-state index in [1.54, 1.807) is 0 Å². The van der Waals surface area contributed by atoms with Crippen LogP contribution in [0.2, 0.25) is 0 Å². The zero-order valence-electron chi connectivity index (χ0n) is 11.4. The lowest BCUT2D eigenvalue weighted by Gasteiger charge is -2.31. The number of rotatable bonds is 5. The van der Waals surface area contributed by atoms with Crippen molar-refractivity contribution >= 4 is 5.97 Å². The fourth-order valence-corrected chi connectivity index (χ4v) is 2.83. The van der Waals surface area contributed by atoms with E-state index in [1.165, 1.54) is 6.42 Å². The number of esters is 1. The zero-order chi connectivity index (χ0) is 12.8. The highest BCUT2D eigenvalue weighted by Crippen LogP contribution is 2.30. The number of hydrogen-bond donors (Lipinski definition) is 1. The molecule has 1 aliphatic rings. The summed E-state index contributed by atoms with van der Waals surface area (Å²) in [6, 6.07) is 0. The maximum Gasteiger partial charge on any atom is 0.306 e. The van der Waals surface area contributed by atoms with E-state index < -0.39 is 0 Å². The Bertz CT molecular complexity index is 228. The third kappa shape index (κ3) is 5.07. The number of nitrogens with two attached hydrogens (primary N) is 1. The lowest BCUT2D eigenvalue weighted by Crippen LogP contribution is -2.29. The lowest BCUT2D eigenvalue weighted by molar-refractivity contribution is -0.153. The Balaban J connectivity index is 2.34. The van der Waals surface area contributed by atoms with Crippen molar-refractivity contribution in [2.75, 3.05) is 6.54 Å². The van der Waals surface area contributed by atoms with Crippen molar-refractivity contribution < 1.29 is 9.53 Å². The Morgan fingerprint density at radius 1 is 1.29 bits per heavy atom. The molecule has 0 radical (unpaired) electrons. The van der Waals surface area contributed by atoms with Crippen molar-refractivity contribution in [3.05, 3.63) is 0 Å². The van der Waals surface area contributed by atoms with E-state index in [1.807, 2.05) is 0 Å². The van der Waals surface area contributed by atoms with Crippen LogP contribution in [-0.2, 0) is 9.53 Å². The summed E-state index contributed by atoms with van der Waals surface area (Å²) in [6.45, 7) is 7.12. The minimum Gasteiger partial charge on any atom is -0.462 e. The molecular formula is C14H27NO2. The van der Waals surface area contributed by atoms with Crippen molar-refractivity contribution in [3.8, 4) is 0 Å². The molecule has 0 aromatic carbocycles. The van der Waals surface area contributed by atoms with Crippen LogP contribution in [0.3, 0.4) is 0 Å². The SMILES string of the molecule is CCC(CN)CC(=O)OC1CC(C)CC(C)C1. The normalized spacial score (nSPS) is 30.9. The van der Waals surface area contributed by atoms with Crippen LogP contribution in [0.25, 0.3) is 0 Å². The Labute approximate surface area is 105 Å². The summed E-state index contributed by atoms with van der Waals surface area (Å²) in [5, 5.41) is 0. The highest BCUT2D eigenvalue weighted by atomic mass is 16.5. The second-order valence-electron chi connectivity index (χ2n) is 5.74. The fraction of sp³-hybridized carbons (Fsp3) is 0.929. The third-order valence-electron chi connectivity index (χ3n) is 3.80. The van der Waals surface area contributed by atoms with Crippen LogP contribution in [0, 0.1) is 17.8 Å². The van der Waals surface area contributed by atoms with Gasteiger partial charge in [-0.15, -0.1) is 0 Å². The summed E-state index contributed by atoms with van der Waals surface area (Å²) in [7, 11) is 0. The van der Waals surface area contributed by atoms with E-state index in [0.29, 0.717) is 24.8 Å². The number of carbonyl (C=O) groups is 1. The van der Waals surface area contributed by atoms with E-state index in [2.05, 4.69) is 20.8 Å². The average Bonchev–Trinajstić information content (AvgIpc) is 2.24. The predicted molar refractivity (Wildman–Crippen MR) is 69.5 cm³/mol. The molecule has 0 aromatic heterocycles. The van der Waals surface area contributed by atoms with Crippen LogP contribution in [-0.4, -0.2) is 18.6 Å². The van der Waals surface area contributed by atoms with Gasteiger partial charge in [0.2, 0.25) is 0 Å². The molecular weight excluding hydrogens is 214 g/mol. The molecule has 0 amide bonds. The molecule has 1 fully saturated rings. The van der Waals surface area contributed by atoms with Gasteiger partial charge in [-0.3, -0.25) is 4.79 Å². The van der Waals surface area contributed by atoms with Gasteiger partial charge in [-0.05, 0) is 43.6 Å². The van der Waals surface area contributed by atoms with Gasteiger partial charge in [-0.1, -0.05) is 27.2 Å². The Morgan fingerprint density at radius 3 is 2.35 bits per heavy atom. The molecule has 0 heterocycles. The van der Waals surface area contributed by atoms with E-state index in [4.69, 9.17) is 10.5 Å². The minimum absolute atomic E-state index is 0.0615. The maximum atomic E-state index is 11.8. The van der Waals surface area contributed by atoms with E-state index >= 15 is 0 Å². The van der Waals surface area contributed by atoms with Crippen molar-refractivity contribution in [2.45, 2.75) is 59.0 Å². The van der Waals surface area contributed by atoms with Gasteiger partial charge in [-0.2, -0.15) is 0 Å². The van der Waals surface area contributed by atoms with E-state index in [9.17, 15) is 4.79 Å². The topological polar surface area (TPSA) is 52.3 Å². The molecule has 3 atom stereocenters. The largest absolute Gasteiger partial charge is 0.462 e. The average molecular weight is 241 g/mol. The summed E-state index contributed by atoms with van der Waals surface area (Å²) in [6.07, 6.45) is 4.87. The molecule has 3 nitrogen and oxygen atoms in total. The molecule has 1 aliphatic carbocycles. The molecule has 1 rings (SSSR count). The van der Waals surface area contributed by atoms with Crippen molar-refractivity contribution in [3.63, 3.8) is 0 Å². The number of hydrogen-bond acceptors (Lipinski definition) is 3. The molecule has 2 N–H and O–H groups in total. The molecule has 3 unspecified atom stereocenters. The van der Waals surface area contributed by atoms with Crippen LogP contribution >= 0.6 is 0 Å². The van der Waals surface area contributed by atoms with Gasteiger partial charge in [0, 0.05) is 6.42 Å². The van der Waals surface area contributed by atoms with E-state index in [-0.39, 0.29) is 18.0 Å². The third-order valence-corrected chi connectivity index (χ3v) is 3.80. The summed E-state index contributed by atoms with van der Waals surface area (Å²) in [5.41, 5.74) is 5.60. The molecule has 0 aliphatic heterocycles. The van der Waals surface area contributed by atoms with Crippen LogP contribution < -0.4 is 5.73 Å². The molecule has 3 heteroatoms. The summed E-state index contributed by atoms with van der Waals surface area (Å²) in [4.78, 5) is 11.8. The van der Waals surface area contributed by atoms with Gasteiger partial charge in [0.1, 0.15) is 6.10 Å². The Kier molecular flexibility index (Phi) is 5.96. The van der Waals surface area contributed by atoms with Gasteiger partial charge < -0.3 is 10.5 Å². The quantitative estimate of drug-likeness (QED) is 0.753. The van der Waals surface area contributed by atoms with Crippen LogP contribution in [0.5, 0.6) is 0 Å². The lowest BCUT2D eigenvalue weighted by atomic mass is 9.82. The molecule has 0 bridgehead atoms. The molecule has 0 spiro atoms. The summed E-state index contributed by atoms with van der Waals surface area (Å²) < 4.78 is 5.57. The molecule has 1 saturated carbocycles. The first-order chi connectivity index (χ1) is 8.05. The first kappa shape index (κ1) is 14.5. The van der Waals surface area contributed by atoms with E-state index in [0.717, 1.165) is 19.3 Å². The van der Waals surface area contributed by atoms with Gasteiger partial charge in [0.05, 0.1) is 0 Å². The second-order valence-corrected chi connectivity index (χ2v) is 5.74. The van der Waals surface area contributed by atoms with Crippen molar-refractivity contribution in [1.29, 1.82) is 0 Å². The maximum absolute atomic E-state index is 11.8. The van der Waals surface area contributed by atoms with Gasteiger partial charge >= 0.3 is 5.97 Å². The molecule has 0 aromatic rings. The van der Waals surface area contributed by atoms with Gasteiger partial charge in [0.15, 0.2) is 0 Å². The zero-order valence-corrected chi connectivity index (χ0v) is 11.4. The smallest absolute Gasteiger partial charge is 0.306 e. The van der Waals surface area contributed by atoms with Crippen LogP contribution in [0.4, 0.5) is 0 Å².